The highest BCUT2D eigenvalue weighted by Crippen LogP contribution is 2.42. The minimum absolute atomic E-state index is 0.182. The van der Waals surface area contributed by atoms with Gasteiger partial charge >= 0.3 is 6.09 Å². The molecule has 0 aliphatic carbocycles. The average Bonchev–Trinajstić information content (AvgIpc) is 3.37. The van der Waals surface area contributed by atoms with Crippen LogP contribution in [0.3, 0.4) is 0 Å². The van der Waals surface area contributed by atoms with Crippen molar-refractivity contribution in [3.8, 4) is 11.5 Å². The van der Waals surface area contributed by atoms with E-state index in [-0.39, 0.29) is 19.2 Å². The highest BCUT2D eigenvalue weighted by Gasteiger charge is 2.42. The van der Waals surface area contributed by atoms with Crippen LogP contribution >= 0.6 is 0 Å². The molecule has 3 aromatic carbocycles. The van der Waals surface area contributed by atoms with Gasteiger partial charge in [-0.25, -0.2) is 4.79 Å². The molecular weight excluding hydrogens is 496 g/mol. The molecule has 1 saturated heterocycles. The molecule has 8 heteroatoms. The van der Waals surface area contributed by atoms with Gasteiger partial charge < -0.3 is 34.7 Å². The van der Waals surface area contributed by atoms with Crippen LogP contribution in [0.5, 0.6) is 11.5 Å². The van der Waals surface area contributed by atoms with Gasteiger partial charge in [-0.3, -0.25) is 0 Å². The molecule has 0 unspecified atom stereocenters. The molecule has 3 aromatic rings. The molecular formula is C31H38N2O6. The number of nitrogens with zero attached hydrogens (tertiary/aromatic N) is 1. The molecule has 0 bridgehead atoms. The van der Waals surface area contributed by atoms with E-state index in [9.17, 15) is 9.90 Å². The molecule has 1 fully saturated rings. The van der Waals surface area contributed by atoms with Crippen molar-refractivity contribution < 1.29 is 28.8 Å². The van der Waals surface area contributed by atoms with Crippen molar-refractivity contribution >= 4 is 6.09 Å². The van der Waals surface area contributed by atoms with Crippen molar-refractivity contribution in [2.45, 2.75) is 37.0 Å². The van der Waals surface area contributed by atoms with E-state index in [0.717, 1.165) is 34.6 Å². The molecule has 0 aromatic heterocycles. The number of carbonyl (C=O) groups excluding carboxylic acids is 1. The Hall–Kier alpha value is -3.59. The van der Waals surface area contributed by atoms with Gasteiger partial charge in [0, 0.05) is 0 Å². The maximum atomic E-state index is 12.9. The zero-order valence-electron chi connectivity index (χ0n) is 22.6. The molecule has 0 saturated carbocycles. The number of hydrogen-bond acceptors (Lipinski definition) is 7. The van der Waals surface area contributed by atoms with E-state index in [0.29, 0.717) is 26.0 Å². The largest absolute Gasteiger partial charge is 0.497 e. The second-order valence-electron chi connectivity index (χ2n) is 9.62. The predicted molar refractivity (Wildman–Crippen MR) is 149 cm³/mol. The van der Waals surface area contributed by atoms with Crippen molar-refractivity contribution in [3.05, 3.63) is 95.6 Å². The molecule has 1 heterocycles. The number of likely N-dealkylation sites (tertiary alicyclic amines) is 1. The maximum Gasteiger partial charge on any atom is 0.410 e. The van der Waals surface area contributed by atoms with Gasteiger partial charge in [-0.15, -0.1) is 0 Å². The Morgan fingerprint density at radius 1 is 0.897 bits per heavy atom. The summed E-state index contributed by atoms with van der Waals surface area (Å²) >= 11 is 0. The van der Waals surface area contributed by atoms with Gasteiger partial charge in [-0.05, 0) is 66.8 Å². The second kappa shape index (κ2) is 13.5. The molecule has 1 amide bonds. The summed E-state index contributed by atoms with van der Waals surface area (Å²) in [6, 6.07) is 25.2. The van der Waals surface area contributed by atoms with Crippen LogP contribution in [0.2, 0.25) is 0 Å². The Morgan fingerprint density at radius 2 is 1.46 bits per heavy atom. The third-order valence-electron chi connectivity index (χ3n) is 7.12. The first kappa shape index (κ1) is 28.4. The van der Waals surface area contributed by atoms with Gasteiger partial charge in [0.1, 0.15) is 17.1 Å². The molecule has 4 rings (SSSR count). The Balaban J connectivity index is 1.71. The van der Waals surface area contributed by atoms with Gasteiger partial charge in [0.15, 0.2) is 0 Å². The lowest BCUT2D eigenvalue weighted by molar-refractivity contribution is -0.0159. The number of hydrogen-bond donors (Lipinski definition) is 2. The quantitative estimate of drug-likeness (QED) is 0.263. The summed E-state index contributed by atoms with van der Waals surface area (Å²) in [5, 5.41) is 10.5. The highest BCUT2D eigenvalue weighted by atomic mass is 16.6. The molecule has 39 heavy (non-hydrogen) atoms. The average molecular weight is 535 g/mol. The molecule has 2 atom stereocenters. The molecule has 8 nitrogen and oxygen atoms in total. The summed E-state index contributed by atoms with van der Waals surface area (Å²) in [7, 11) is 3.27. The third-order valence-corrected chi connectivity index (χ3v) is 7.12. The lowest BCUT2D eigenvalue weighted by Gasteiger charge is -2.37. The number of benzene rings is 3. The lowest BCUT2D eigenvalue weighted by Crippen LogP contribution is -2.42. The summed E-state index contributed by atoms with van der Waals surface area (Å²) < 4.78 is 23.2. The Bertz CT molecular complexity index is 1120. The number of rotatable bonds is 12. The van der Waals surface area contributed by atoms with E-state index in [1.54, 1.807) is 19.1 Å². The second-order valence-corrected chi connectivity index (χ2v) is 9.62. The number of unbranched alkanes of at least 4 members (excludes halogenated alkanes) is 1. The van der Waals surface area contributed by atoms with E-state index in [1.807, 2.05) is 78.9 Å². The van der Waals surface area contributed by atoms with Crippen molar-refractivity contribution in [2.75, 3.05) is 40.5 Å². The molecule has 0 radical (unpaired) electrons. The topological polar surface area (TPSA) is 103 Å². The standard InChI is InChI=1S/C31H38N2O6/c1-36-28-14-10-24(11-15-28)31(23-8-4-3-5-9-23,25-12-16-29(37-2)17-13-25)39-22-26-20-27(34)21-33(26)30(35)38-19-7-6-18-32/h3-5,8-17,26-27,34H,6-7,18-22,32H2,1-2H3/t26-,27+/m0/s1. The maximum absolute atomic E-state index is 12.9. The molecule has 208 valence electrons. The van der Waals surface area contributed by atoms with E-state index in [4.69, 9.17) is 24.7 Å². The van der Waals surface area contributed by atoms with Crippen molar-refractivity contribution in [1.82, 2.24) is 4.90 Å². The fourth-order valence-corrected chi connectivity index (χ4v) is 5.06. The molecule has 0 spiro atoms. The molecule has 3 N–H and O–H groups in total. The Morgan fingerprint density at radius 3 is 2.00 bits per heavy atom. The van der Waals surface area contributed by atoms with Crippen LogP contribution in [0.15, 0.2) is 78.9 Å². The zero-order valence-corrected chi connectivity index (χ0v) is 22.6. The van der Waals surface area contributed by atoms with Crippen LogP contribution in [0, 0.1) is 0 Å². The Kier molecular flexibility index (Phi) is 9.81. The van der Waals surface area contributed by atoms with Crippen LogP contribution in [0.1, 0.15) is 36.0 Å². The van der Waals surface area contributed by atoms with Crippen LogP contribution in [-0.2, 0) is 15.1 Å². The summed E-state index contributed by atoms with van der Waals surface area (Å²) in [4.78, 5) is 14.5. The smallest absolute Gasteiger partial charge is 0.410 e. The minimum atomic E-state index is -1.01. The fraction of sp³-hybridized carbons (Fsp3) is 0.387. The van der Waals surface area contributed by atoms with Gasteiger partial charge in [-0.1, -0.05) is 54.6 Å². The highest BCUT2D eigenvalue weighted by molar-refractivity contribution is 5.68. The number of aliphatic hydroxyl groups is 1. The van der Waals surface area contributed by atoms with E-state index < -0.39 is 17.8 Å². The number of methoxy groups -OCH3 is 2. The fourth-order valence-electron chi connectivity index (χ4n) is 5.06. The monoisotopic (exact) mass is 534 g/mol. The predicted octanol–water partition coefficient (Wildman–Crippen LogP) is 4.32. The number of nitrogens with two attached hydrogens (primary N) is 1. The van der Waals surface area contributed by atoms with E-state index in [1.165, 1.54) is 0 Å². The summed E-state index contributed by atoms with van der Waals surface area (Å²) in [5.41, 5.74) is 7.26. The number of aliphatic hydroxyl groups excluding tert-OH is 1. The first-order valence-electron chi connectivity index (χ1n) is 13.3. The van der Waals surface area contributed by atoms with Crippen molar-refractivity contribution in [1.29, 1.82) is 0 Å². The summed E-state index contributed by atoms with van der Waals surface area (Å²) in [6.45, 7) is 1.23. The van der Waals surface area contributed by atoms with Crippen LogP contribution in [-0.4, -0.2) is 68.8 Å². The number of amides is 1. The zero-order chi connectivity index (χ0) is 27.7. The van der Waals surface area contributed by atoms with E-state index in [2.05, 4.69) is 0 Å². The van der Waals surface area contributed by atoms with Crippen molar-refractivity contribution in [3.63, 3.8) is 0 Å². The van der Waals surface area contributed by atoms with Crippen LogP contribution in [0.4, 0.5) is 4.79 Å². The summed E-state index contributed by atoms with van der Waals surface area (Å²) in [5.74, 6) is 1.47. The number of ether oxygens (including phenoxy) is 4. The lowest BCUT2D eigenvalue weighted by atomic mass is 9.80. The van der Waals surface area contributed by atoms with Crippen LogP contribution < -0.4 is 15.2 Å². The first-order chi connectivity index (χ1) is 19.0. The minimum Gasteiger partial charge on any atom is -0.497 e. The van der Waals surface area contributed by atoms with Gasteiger partial charge in [0.25, 0.3) is 0 Å². The van der Waals surface area contributed by atoms with Gasteiger partial charge in [0.05, 0.1) is 46.1 Å². The number of β-amino-alcohol motifs (C(OH)–C–C–N with tert-alkyl or cyclic N) is 1. The van der Waals surface area contributed by atoms with Gasteiger partial charge in [-0.2, -0.15) is 0 Å². The first-order valence-corrected chi connectivity index (χ1v) is 13.3. The Labute approximate surface area is 230 Å². The molecule has 1 aliphatic heterocycles. The SMILES string of the molecule is COc1ccc(C(OC[C@@H]2C[C@@H](O)CN2C(=O)OCCCCN)(c2ccccc2)c2ccc(OC)cc2)cc1. The van der Waals surface area contributed by atoms with Gasteiger partial charge in [0.2, 0.25) is 0 Å². The number of carbonyl (C=O) groups is 1. The normalized spacial score (nSPS) is 17.2. The summed E-state index contributed by atoms with van der Waals surface area (Å²) in [6.07, 6.45) is 0.783. The molecule has 1 aliphatic rings. The van der Waals surface area contributed by atoms with Crippen molar-refractivity contribution in [2.24, 2.45) is 5.73 Å². The van der Waals surface area contributed by atoms with E-state index >= 15 is 0 Å². The van der Waals surface area contributed by atoms with Crippen LogP contribution in [0.25, 0.3) is 0 Å². The third kappa shape index (κ3) is 6.53.